The van der Waals surface area contributed by atoms with Crippen molar-refractivity contribution in [3.8, 4) is 23.1 Å². The van der Waals surface area contributed by atoms with Gasteiger partial charge in [0.15, 0.2) is 11.7 Å². The van der Waals surface area contributed by atoms with Crippen LogP contribution >= 0.6 is 23.1 Å². The highest BCUT2D eigenvalue weighted by atomic mass is 32.2. The van der Waals surface area contributed by atoms with Gasteiger partial charge in [0.1, 0.15) is 10.8 Å². The maximum Gasteiger partial charge on any atom is 0.315 e. The number of fused-ring (bicyclic) bond motifs is 1. The van der Waals surface area contributed by atoms with Crippen LogP contribution in [0.1, 0.15) is 36.6 Å². The Morgan fingerprint density at radius 1 is 1.32 bits per heavy atom. The quantitative estimate of drug-likeness (QED) is 0.440. The number of aromatic nitrogens is 1. The van der Waals surface area contributed by atoms with Crippen LogP contribution in [0.4, 0.5) is 4.79 Å². The van der Waals surface area contributed by atoms with Crippen LogP contribution in [0.5, 0.6) is 5.75 Å². The van der Waals surface area contributed by atoms with Crippen LogP contribution in [0.2, 0.25) is 0 Å². The minimum atomic E-state index is -0.819. The summed E-state index contributed by atoms with van der Waals surface area (Å²) >= 11 is 3.22. The molecule has 0 radical (unpaired) electrons. The Morgan fingerprint density at radius 3 is 2.87 bits per heavy atom. The number of carbonyl (C=O) groups is 2. The topological polar surface area (TPSA) is 104 Å². The molecule has 1 aromatic carbocycles. The number of hydrogen-bond donors (Lipinski definition) is 2. The number of ether oxygens (including phenoxy) is 1. The van der Waals surface area contributed by atoms with Gasteiger partial charge in [0.2, 0.25) is 0 Å². The Labute approximate surface area is 189 Å². The molecule has 0 aliphatic carbocycles. The second-order valence-corrected chi connectivity index (χ2v) is 9.86. The molecule has 0 spiro atoms. The van der Waals surface area contributed by atoms with Crippen molar-refractivity contribution in [1.82, 2.24) is 15.6 Å². The SMILES string of the molecule is COc1ccc(-c2csc([C@H](C#N)C(=O)CCCC[C@@H]3SC[C@H]4NC(=O)N[C@H]34)n2)cc1. The number of unbranched alkanes of at least 4 members (excludes halogenated alkanes) is 1. The largest absolute Gasteiger partial charge is 0.497 e. The molecule has 4 atom stereocenters. The molecule has 0 unspecified atom stereocenters. The van der Waals surface area contributed by atoms with Crippen molar-refractivity contribution in [1.29, 1.82) is 5.26 Å². The number of methoxy groups -OCH3 is 1. The van der Waals surface area contributed by atoms with Gasteiger partial charge in [-0.2, -0.15) is 17.0 Å². The maximum atomic E-state index is 12.7. The molecular formula is C22H24N4O3S2. The van der Waals surface area contributed by atoms with E-state index in [0.29, 0.717) is 16.7 Å². The summed E-state index contributed by atoms with van der Waals surface area (Å²) in [4.78, 5) is 28.7. The number of hydrogen-bond acceptors (Lipinski definition) is 7. The summed E-state index contributed by atoms with van der Waals surface area (Å²) in [5.74, 6) is 0.804. The van der Waals surface area contributed by atoms with Crippen molar-refractivity contribution < 1.29 is 14.3 Å². The number of rotatable bonds is 9. The summed E-state index contributed by atoms with van der Waals surface area (Å²) in [6.45, 7) is 0. The van der Waals surface area contributed by atoms with Gasteiger partial charge in [-0.15, -0.1) is 11.3 Å². The lowest BCUT2D eigenvalue weighted by atomic mass is 9.98. The maximum absolute atomic E-state index is 12.7. The minimum Gasteiger partial charge on any atom is -0.497 e. The van der Waals surface area contributed by atoms with Crippen LogP contribution in [0.3, 0.4) is 0 Å². The van der Waals surface area contributed by atoms with Crippen LogP contribution in [0.15, 0.2) is 29.6 Å². The van der Waals surface area contributed by atoms with Crippen LogP contribution in [-0.2, 0) is 4.79 Å². The Hall–Kier alpha value is -2.57. The number of urea groups is 1. The number of nitriles is 1. The van der Waals surface area contributed by atoms with Crippen molar-refractivity contribution in [2.24, 2.45) is 0 Å². The van der Waals surface area contributed by atoms with Crippen molar-refractivity contribution in [2.45, 2.75) is 48.9 Å². The smallest absolute Gasteiger partial charge is 0.315 e. The Balaban J connectivity index is 1.28. The number of benzene rings is 1. The Morgan fingerprint density at radius 2 is 2.13 bits per heavy atom. The molecule has 0 saturated carbocycles. The van der Waals surface area contributed by atoms with Gasteiger partial charge in [0.05, 0.1) is 31.0 Å². The molecule has 31 heavy (non-hydrogen) atoms. The van der Waals surface area contributed by atoms with E-state index in [2.05, 4.69) is 21.7 Å². The van der Waals surface area contributed by atoms with E-state index in [1.54, 1.807) is 7.11 Å². The highest BCUT2D eigenvalue weighted by molar-refractivity contribution is 8.00. The molecule has 1 aromatic heterocycles. The fraction of sp³-hybridized carbons (Fsp3) is 0.455. The molecule has 3 heterocycles. The number of nitrogens with zero attached hydrogens (tertiary/aromatic N) is 2. The summed E-state index contributed by atoms with van der Waals surface area (Å²) < 4.78 is 5.17. The first kappa shape index (κ1) is 21.7. The first-order valence-corrected chi connectivity index (χ1v) is 12.2. The number of thioether (sulfide) groups is 1. The molecule has 0 bridgehead atoms. The number of thiazole rings is 1. The van der Waals surface area contributed by atoms with E-state index in [-0.39, 0.29) is 23.9 Å². The van der Waals surface area contributed by atoms with Crippen molar-refractivity contribution in [3.63, 3.8) is 0 Å². The molecule has 2 amide bonds. The summed E-state index contributed by atoms with van der Waals surface area (Å²) in [6, 6.07) is 10.0. The van der Waals surface area contributed by atoms with E-state index in [4.69, 9.17) is 4.74 Å². The van der Waals surface area contributed by atoms with E-state index >= 15 is 0 Å². The molecule has 162 valence electrons. The lowest BCUT2D eigenvalue weighted by molar-refractivity contribution is -0.119. The van der Waals surface area contributed by atoms with Crippen LogP contribution in [-0.4, -0.2) is 47.0 Å². The molecule has 2 aromatic rings. The second-order valence-electron chi connectivity index (χ2n) is 7.70. The third-order valence-electron chi connectivity index (χ3n) is 5.71. The van der Waals surface area contributed by atoms with Gasteiger partial charge in [-0.3, -0.25) is 4.79 Å². The molecule has 9 heteroatoms. The molecule has 2 aliphatic rings. The number of nitrogens with one attached hydrogen (secondary N) is 2. The van der Waals surface area contributed by atoms with E-state index in [1.807, 2.05) is 41.4 Å². The fourth-order valence-corrected chi connectivity index (χ4v) is 6.45. The van der Waals surface area contributed by atoms with Gasteiger partial charge >= 0.3 is 6.03 Å². The fourth-order valence-electron chi connectivity index (χ4n) is 4.01. The predicted octanol–water partition coefficient (Wildman–Crippen LogP) is 3.72. The number of ketones is 1. The Bertz CT molecular complexity index is 985. The number of Topliss-reactive ketones (excluding diaryl/α,β-unsaturated/α-hetero) is 1. The zero-order chi connectivity index (χ0) is 21.8. The van der Waals surface area contributed by atoms with Crippen LogP contribution in [0, 0.1) is 11.3 Å². The highest BCUT2D eigenvalue weighted by Crippen LogP contribution is 2.33. The molecule has 2 N–H and O–H groups in total. The first-order valence-electron chi connectivity index (χ1n) is 10.3. The zero-order valence-corrected chi connectivity index (χ0v) is 18.8. The third-order valence-corrected chi connectivity index (χ3v) is 8.12. The first-order chi connectivity index (χ1) is 15.1. The second kappa shape index (κ2) is 9.71. The average Bonchev–Trinajstić information content (AvgIpc) is 3.49. The van der Waals surface area contributed by atoms with Gasteiger partial charge in [0.25, 0.3) is 0 Å². The van der Waals surface area contributed by atoms with Gasteiger partial charge in [-0.25, -0.2) is 9.78 Å². The average molecular weight is 457 g/mol. The van der Waals surface area contributed by atoms with Crippen LogP contribution < -0.4 is 15.4 Å². The summed E-state index contributed by atoms with van der Waals surface area (Å²) in [7, 11) is 1.62. The van der Waals surface area contributed by atoms with Gasteiger partial charge < -0.3 is 15.4 Å². The third kappa shape index (κ3) is 4.86. The van der Waals surface area contributed by atoms with Crippen molar-refractivity contribution >= 4 is 34.9 Å². The zero-order valence-electron chi connectivity index (χ0n) is 17.2. The predicted molar refractivity (Wildman–Crippen MR) is 121 cm³/mol. The highest BCUT2D eigenvalue weighted by Gasteiger charge is 2.42. The van der Waals surface area contributed by atoms with E-state index in [9.17, 15) is 14.9 Å². The molecule has 4 rings (SSSR count). The molecule has 2 fully saturated rings. The minimum absolute atomic E-state index is 0.0779. The van der Waals surface area contributed by atoms with Gasteiger partial charge in [0, 0.05) is 28.4 Å². The summed E-state index contributed by atoms with van der Waals surface area (Å²) in [6.07, 6.45) is 2.96. The van der Waals surface area contributed by atoms with Crippen molar-refractivity contribution in [2.75, 3.05) is 12.9 Å². The molecule has 7 nitrogen and oxygen atoms in total. The Kier molecular flexibility index (Phi) is 6.78. The van der Waals surface area contributed by atoms with Gasteiger partial charge in [-0.05, 0) is 37.1 Å². The monoisotopic (exact) mass is 456 g/mol. The summed E-state index contributed by atoms with van der Waals surface area (Å²) in [5, 5.41) is 18.3. The van der Waals surface area contributed by atoms with E-state index < -0.39 is 5.92 Å². The van der Waals surface area contributed by atoms with Crippen LogP contribution in [0.25, 0.3) is 11.3 Å². The van der Waals surface area contributed by atoms with Crippen molar-refractivity contribution in [3.05, 3.63) is 34.7 Å². The lowest BCUT2D eigenvalue weighted by Crippen LogP contribution is -2.36. The summed E-state index contributed by atoms with van der Waals surface area (Å²) in [5.41, 5.74) is 1.68. The number of carbonyl (C=O) groups excluding carboxylic acids is 2. The van der Waals surface area contributed by atoms with Gasteiger partial charge in [-0.1, -0.05) is 6.42 Å². The lowest BCUT2D eigenvalue weighted by Gasteiger charge is -2.16. The molecular weight excluding hydrogens is 432 g/mol. The molecule has 2 aliphatic heterocycles. The molecule has 2 saturated heterocycles. The normalized spacial score (nSPS) is 22.8. The standard InChI is InChI=1S/C22H24N4O3S2/c1-29-14-8-6-13(7-9-14)16-11-31-21(24-16)15(10-23)18(27)4-2-3-5-19-20-17(12-30-19)25-22(28)26-20/h6-9,11,15,17,19-20H,2-5,12H2,1H3,(H2,25,26,28)/t15-,17-,19+,20+/m1/s1. The number of amides is 2. The van der Waals surface area contributed by atoms with E-state index in [1.165, 1.54) is 11.3 Å². The van der Waals surface area contributed by atoms with E-state index in [0.717, 1.165) is 42.0 Å².